The Morgan fingerprint density at radius 3 is 2.79 bits per heavy atom. The highest BCUT2D eigenvalue weighted by atomic mass is 32.1. The summed E-state index contributed by atoms with van der Waals surface area (Å²) >= 11 is 1.54. The monoisotopic (exact) mass is 271 g/mol. The zero-order valence-electron chi connectivity index (χ0n) is 11.2. The van der Waals surface area contributed by atoms with Gasteiger partial charge in [0.05, 0.1) is 0 Å². The van der Waals surface area contributed by atoms with Gasteiger partial charge in [0.15, 0.2) is 0 Å². The van der Waals surface area contributed by atoms with E-state index in [0.717, 1.165) is 23.7 Å². The van der Waals surface area contributed by atoms with Crippen molar-refractivity contribution in [1.82, 2.24) is 4.90 Å². The molecule has 0 aliphatic heterocycles. The van der Waals surface area contributed by atoms with Gasteiger partial charge >= 0.3 is 0 Å². The molecule has 0 unspecified atom stereocenters. The van der Waals surface area contributed by atoms with Gasteiger partial charge in [0.1, 0.15) is 10.9 Å². The highest BCUT2D eigenvalue weighted by Gasteiger charge is 2.01. The third kappa shape index (κ3) is 4.09. The lowest BCUT2D eigenvalue weighted by atomic mass is 10.2. The Hall–Kier alpha value is -1.83. The van der Waals surface area contributed by atoms with Crippen molar-refractivity contribution >= 4 is 17.0 Å². The van der Waals surface area contributed by atoms with Crippen molar-refractivity contribution in [2.24, 2.45) is 0 Å². The Morgan fingerprint density at radius 1 is 1.26 bits per heavy atom. The molecule has 0 aliphatic carbocycles. The molecule has 4 heteroatoms. The van der Waals surface area contributed by atoms with E-state index in [2.05, 4.69) is 54.6 Å². The molecule has 1 aromatic heterocycles. The van der Waals surface area contributed by atoms with E-state index in [1.165, 1.54) is 21.8 Å². The lowest BCUT2D eigenvalue weighted by Crippen LogP contribution is -2.10. The molecule has 98 valence electrons. The van der Waals surface area contributed by atoms with E-state index in [9.17, 15) is 0 Å². The minimum absolute atomic E-state index is 0.762. The van der Waals surface area contributed by atoms with Gasteiger partial charge in [-0.15, -0.1) is 11.3 Å². The van der Waals surface area contributed by atoms with Gasteiger partial charge in [-0.25, -0.2) is 0 Å². The van der Waals surface area contributed by atoms with Gasteiger partial charge in [-0.2, -0.15) is 5.26 Å². The first kappa shape index (κ1) is 13.6. The zero-order chi connectivity index (χ0) is 13.7. The van der Waals surface area contributed by atoms with Gasteiger partial charge < -0.3 is 10.2 Å². The van der Waals surface area contributed by atoms with E-state index >= 15 is 0 Å². The zero-order valence-corrected chi connectivity index (χ0v) is 12.0. The van der Waals surface area contributed by atoms with Crippen LogP contribution in [0.25, 0.3) is 0 Å². The van der Waals surface area contributed by atoms with Crippen LogP contribution in [0.1, 0.15) is 15.3 Å². The maximum Gasteiger partial charge on any atom is 0.110 e. The summed E-state index contributed by atoms with van der Waals surface area (Å²) in [4.78, 5) is 4.09. The second kappa shape index (κ2) is 6.37. The molecule has 1 heterocycles. The lowest BCUT2D eigenvalue weighted by molar-refractivity contribution is 0.402. The molecule has 0 amide bonds. The average Bonchev–Trinajstić information content (AvgIpc) is 2.84. The van der Waals surface area contributed by atoms with Crippen LogP contribution >= 0.6 is 11.3 Å². The Balaban J connectivity index is 1.97. The molecule has 1 N–H and O–H groups in total. The van der Waals surface area contributed by atoms with E-state index in [0.29, 0.717) is 0 Å². The van der Waals surface area contributed by atoms with E-state index < -0.39 is 0 Å². The summed E-state index contributed by atoms with van der Waals surface area (Å²) in [6.07, 6.45) is 0. The van der Waals surface area contributed by atoms with Gasteiger partial charge in [-0.1, -0.05) is 12.1 Å². The average molecular weight is 271 g/mol. The third-order valence-electron chi connectivity index (χ3n) is 2.66. The molecule has 0 bridgehead atoms. The lowest BCUT2D eigenvalue weighted by Gasteiger charge is -2.11. The van der Waals surface area contributed by atoms with E-state index in [1.807, 2.05) is 12.1 Å². The number of nitriles is 1. The Kier molecular flexibility index (Phi) is 4.56. The van der Waals surface area contributed by atoms with Crippen molar-refractivity contribution in [3.8, 4) is 6.07 Å². The quantitative estimate of drug-likeness (QED) is 0.907. The second-order valence-electron chi connectivity index (χ2n) is 4.67. The number of nitrogens with zero attached hydrogens (tertiary/aromatic N) is 2. The predicted molar refractivity (Wildman–Crippen MR) is 80.2 cm³/mol. The largest absolute Gasteiger partial charge is 0.380 e. The van der Waals surface area contributed by atoms with E-state index in [1.54, 1.807) is 0 Å². The minimum Gasteiger partial charge on any atom is -0.380 e. The van der Waals surface area contributed by atoms with Crippen molar-refractivity contribution in [2.45, 2.75) is 13.1 Å². The van der Waals surface area contributed by atoms with Crippen LogP contribution in [0.5, 0.6) is 0 Å². The third-order valence-corrected chi connectivity index (χ3v) is 3.65. The van der Waals surface area contributed by atoms with Crippen LogP contribution < -0.4 is 5.32 Å². The van der Waals surface area contributed by atoms with E-state index in [4.69, 9.17) is 5.26 Å². The highest BCUT2D eigenvalue weighted by molar-refractivity contribution is 7.12. The van der Waals surface area contributed by atoms with Crippen LogP contribution in [0.2, 0.25) is 0 Å². The second-order valence-corrected chi connectivity index (χ2v) is 5.84. The minimum atomic E-state index is 0.762. The molecule has 2 aromatic rings. The smallest absolute Gasteiger partial charge is 0.110 e. The number of hydrogen-bond acceptors (Lipinski definition) is 4. The normalized spacial score (nSPS) is 10.4. The van der Waals surface area contributed by atoms with Crippen LogP contribution in [-0.2, 0) is 13.1 Å². The summed E-state index contributed by atoms with van der Waals surface area (Å²) in [5, 5.41) is 12.2. The number of anilines is 1. The summed E-state index contributed by atoms with van der Waals surface area (Å²) in [5.41, 5.74) is 2.41. The Bertz CT molecular complexity index is 581. The van der Waals surface area contributed by atoms with Crippen molar-refractivity contribution in [2.75, 3.05) is 19.4 Å². The molecule has 2 rings (SSSR count). The highest BCUT2D eigenvalue weighted by Crippen LogP contribution is 2.18. The Morgan fingerprint density at radius 2 is 2.11 bits per heavy atom. The first-order chi connectivity index (χ1) is 9.17. The van der Waals surface area contributed by atoms with Gasteiger partial charge in [-0.3, -0.25) is 0 Å². The molecule has 0 saturated carbocycles. The van der Waals surface area contributed by atoms with Gasteiger partial charge in [0.2, 0.25) is 0 Å². The first-order valence-corrected chi connectivity index (χ1v) is 6.95. The molecule has 19 heavy (non-hydrogen) atoms. The molecule has 1 aromatic carbocycles. The topological polar surface area (TPSA) is 39.1 Å². The van der Waals surface area contributed by atoms with Gasteiger partial charge in [-0.05, 0) is 43.9 Å². The molecule has 0 saturated heterocycles. The van der Waals surface area contributed by atoms with Gasteiger partial charge in [0.25, 0.3) is 0 Å². The summed E-state index contributed by atoms with van der Waals surface area (Å²) < 4.78 is 0. The van der Waals surface area contributed by atoms with Crippen molar-refractivity contribution in [3.05, 3.63) is 51.7 Å². The predicted octanol–water partition coefficient (Wildman–Crippen LogP) is 3.29. The van der Waals surface area contributed by atoms with Crippen LogP contribution in [0.15, 0.2) is 36.4 Å². The number of thiophene rings is 1. The fraction of sp³-hybridized carbons (Fsp3) is 0.267. The maximum atomic E-state index is 8.79. The van der Waals surface area contributed by atoms with Gasteiger partial charge in [0, 0.05) is 23.7 Å². The molecule has 0 aliphatic rings. The Labute approximate surface area is 118 Å². The van der Waals surface area contributed by atoms with Crippen molar-refractivity contribution < 1.29 is 0 Å². The molecular weight excluding hydrogens is 254 g/mol. The maximum absolute atomic E-state index is 8.79. The number of hydrogen-bond donors (Lipinski definition) is 1. The van der Waals surface area contributed by atoms with Crippen molar-refractivity contribution in [1.29, 1.82) is 5.26 Å². The van der Waals surface area contributed by atoms with E-state index in [-0.39, 0.29) is 0 Å². The molecule has 3 nitrogen and oxygen atoms in total. The van der Waals surface area contributed by atoms with Crippen LogP contribution in [-0.4, -0.2) is 19.0 Å². The van der Waals surface area contributed by atoms with Crippen molar-refractivity contribution in [3.63, 3.8) is 0 Å². The SMILES string of the molecule is CN(C)Cc1cccc(NCc2ccc(C#N)s2)c1. The number of benzene rings is 1. The summed E-state index contributed by atoms with van der Waals surface area (Å²) in [6, 6.07) is 14.5. The van der Waals surface area contributed by atoms with Crippen LogP contribution in [0.3, 0.4) is 0 Å². The molecular formula is C15H17N3S. The molecule has 0 atom stereocenters. The molecule has 0 radical (unpaired) electrons. The summed E-state index contributed by atoms with van der Waals surface area (Å²) in [6.45, 7) is 1.70. The fourth-order valence-electron chi connectivity index (χ4n) is 1.87. The summed E-state index contributed by atoms with van der Waals surface area (Å²) in [7, 11) is 4.13. The number of rotatable bonds is 5. The first-order valence-electron chi connectivity index (χ1n) is 6.14. The summed E-state index contributed by atoms with van der Waals surface area (Å²) in [5.74, 6) is 0. The number of nitrogens with one attached hydrogen (secondary N) is 1. The molecule has 0 fully saturated rings. The van der Waals surface area contributed by atoms with Crippen LogP contribution in [0.4, 0.5) is 5.69 Å². The standard InChI is InChI=1S/C15H17N3S/c1-18(2)11-12-4-3-5-13(8-12)17-10-15-7-6-14(9-16)19-15/h3-8,17H,10-11H2,1-2H3. The fourth-order valence-corrected chi connectivity index (χ4v) is 2.61. The molecule has 0 spiro atoms. The van der Waals surface area contributed by atoms with Crippen LogP contribution in [0, 0.1) is 11.3 Å².